The van der Waals surface area contributed by atoms with Gasteiger partial charge in [-0.2, -0.15) is 0 Å². The van der Waals surface area contributed by atoms with Crippen molar-refractivity contribution in [3.63, 3.8) is 0 Å². The van der Waals surface area contributed by atoms with Crippen LogP contribution in [0.2, 0.25) is 0 Å². The Morgan fingerprint density at radius 3 is 2.69 bits per heavy atom. The van der Waals surface area contributed by atoms with Crippen molar-refractivity contribution in [1.82, 2.24) is 9.97 Å². The second kappa shape index (κ2) is 6.11. The second-order valence-corrected chi connectivity index (χ2v) is 7.78. The Bertz CT molecular complexity index is 832. The Labute approximate surface area is 156 Å². The van der Waals surface area contributed by atoms with Crippen molar-refractivity contribution in [3.8, 4) is 0 Å². The summed E-state index contributed by atoms with van der Waals surface area (Å²) in [5.41, 5.74) is 3.82. The van der Waals surface area contributed by atoms with Gasteiger partial charge in [-0.3, -0.25) is 0 Å². The Morgan fingerprint density at radius 1 is 1.23 bits per heavy atom. The minimum atomic E-state index is 0.0386. The van der Waals surface area contributed by atoms with Gasteiger partial charge < -0.3 is 9.80 Å². The molecule has 136 valence electrons. The van der Waals surface area contributed by atoms with Gasteiger partial charge in [-0.05, 0) is 36.3 Å². The molecule has 4 rings (SSSR count). The van der Waals surface area contributed by atoms with Crippen LogP contribution in [0, 0.1) is 11.3 Å². The molecular formula is C22H28N4. The van der Waals surface area contributed by atoms with Crippen LogP contribution in [0.1, 0.15) is 45.1 Å². The molecule has 0 N–H and O–H groups in total. The van der Waals surface area contributed by atoms with E-state index in [1.54, 1.807) is 6.33 Å². The molecule has 4 nitrogen and oxygen atoms in total. The summed E-state index contributed by atoms with van der Waals surface area (Å²) in [6.07, 6.45) is 8.16. The molecule has 2 aromatic rings. The predicted molar refractivity (Wildman–Crippen MR) is 108 cm³/mol. The van der Waals surface area contributed by atoms with E-state index in [-0.39, 0.29) is 11.6 Å². The highest BCUT2D eigenvalue weighted by atomic mass is 15.4. The predicted octanol–water partition coefficient (Wildman–Crippen LogP) is 5.12. The number of fused-ring (bicyclic) bond motifs is 5. The minimum Gasteiger partial charge on any atom is -0.349 e. The first-order valence-electron chi connectivity index (χ1n) is 9.62. The summed E-state index contributed by atoms with van der Waals surface area (Å²) in [4.78, 5) is 13.8. The monoisotopic (exact) mass is 348 g/mol. The zero-order valence-corrected chi connectivity index (χ0v) is 16.2. The van der Waals surface area contributed by atoms with Crippen molar-refractivity contribution in [2.75, 3.05) is 16.8 Å². The first-order valence-corrected chi connectivity index (χ1v) is 9.62. The van der Waals surface area contributed by atoms with Crippen molar-refractivity contribution >= 4 is 17.2 Å². The van der Waals surface area contributed by atoms with Crippen molar-refractivity contribution in [2.45, 2.75) is 45.7 Å². The van der Waals surface area contributed by atoms with E-state index in [1.807, 2.05) is 6.20 Å². The third-order valence-corrected chi connectivity index (χ3v) is 6.73. The molecule has 0 spiro atoms. The lowest BCUT2D eigenvalue weighted by molar-refractivity contribution is 0.151. The summed E-state index contributed by atoms with van der Waals surface area (Å²) in [6.45, 7) is 11.3. The highest BCUT2D eigenvalue weighted by Crippen LogP contribution is 2.58. The van der Waals surface area contributed by atoms with Gasteiger partial charge in [0.25, 0.3) is 0 Å². The summed E-state index contributed by atoms with van der Waals surface area (Å²) >= 11 is 0. The average molecular weight is 348 g/mol. The fourth-order valence-corrected chi connectivity index (χ4v) is 5.33. The fraction of sp³-hybridized carbons (Fsp3) is 0.455. The molecule has 0 fully saturated rings. The van der Waals surface area contributed by atoms with Gasteiger partial charge in [0.15, 0.2) is 5.82 Å². The Balaban J connectivity index is 2.05. The standard InChI is InChI=1S/C22H28N4/c1-6-15-16-11-9-10-12-18(16)26-20-19(13-23-14-24-20)25(5)21(26)22(4,8-3)17(15)7-2/h7,9-15,17,21H,2,6,8H2,1,3-5H3. The molecule has 3 heterocycles. The molecule has 0 saturated carbocycles. The molecule has 0 amide bonds. The van der Waals surface area contributed by atoms with Gasteiger partial charge in [0, 0.05) is 18.2 Å². The smallest absolute Gasteiger partial charge is 0.161 e. The molecule has 4 heteroatoms. The van der Waals surface area contributed by atoms with Crippen LogP contribution in [0.4, 0.5) is 17.2 Å². The zero-order valence-electron chi connectivity index (χ0n) is 16.2. The van der Waals surface area contributed by atoms with Crippen LogP contribution in [-0.2, 0) is 0 Å². The molecule has 0 bridgehead atoms. The molecule has 0 aliphatic carbocycles. The number of para-hydroxylation sites is 1. The number of hydrogen-bond acceptors (Lipinski definition) is 4. The lowest BCUT2D eigenvalue weighted by Gasteiger charge is -2.46. The maximum absolute atomic E-state index is 4.68. The van der Waals surface area contributed by atoms with Gasteiger partial charge in [0.1, 0.15) is 18.2 Å². The van der Waals surface area contributed by atoms with Crippen LogP contribution in [0.15, 0.2) is 49.4 Å². The quantitative estimate of drug-likeness (QED) is 0.721. The number of allylic oxidation sites excluding steroid dienone is 1. The van der Waals surface area contributed by atoms with E-state index in [0.717, 1.165) is 24.3 Å². The van der Waals surface area contributed by atoms with Crippen LogP contribution < -0.4 is 9.80 Å². The Morgan fingerprint density at radius 2 is 2.00 bits per heavy atom. The molecule has 4 unspecified atom stereocenters. The number of benzene rings is 1. The molecule has 0 radical (unpaired) electrons. The van der Waals surface area contributed by atoms with E-state index in [2.05, 4.69) is 84.5 Å². The molecule has 2 aliphatic heterocycles. The van der Waals surface area contributed by atoms with E-state index in [4.69, 9.17) is 0 Å². The lowest BCUT2D eigenvalue weighted by atomic mass is 9.65. The lowest BCUT2D eigenvalue weighted by Crippen LogP contribution is -2.53. The third-order valence-electron chi connectivity index (χ3n) is 6.73. The van der Waals surface area contributed by atoms with Crippen LogP contribution in [-0.4, -0.2) is 23.2 Å². The number of aromatic nitrogens is 2. The zero-order chi connectivity index (χ0) is 18.5. The van der Waals surface area contributed by atoms with Gasteiger partial charge in [0.2, 0.25) is 0 Å². The molecule has 26 heavy (non-hydrogen) atoms. The normalized spacial score (nSPS) is 29.6. The first-order chi connectivity index (χ1) is 12.6. The number of rotatable bonds is 3. The van der Waals surface area contributed by atoms with Crippen molar-refractivity contribution in [2.24, 2.45) is 11.3 Å². The summed E-state index contributed by atoms with van der Waals surface area (Å²) in [6, 6.07) is 8.83. The van der Waals surface area contributed by atoms with E-state index in [1.165, 1.54) is 11.3 Å². The highest BCUT2D eigenvalue weighted by molar-refractivity contribution is 5.82. The molecule has 1 aromatic carbocycles. The fourth-order valence-electron chi connectivity index (χ4n) is 5.33. The van der Waals surface area contributed by atoms with Crippen molar-refractivity contribution < 1.29 is 0 Å². The van der Waals surface area contributed by atoms with Gasteiger partial charge >= 0.3 is 0 Å². The van der Waals surface area contributed by atoms with Gasteiger partial charge in [-0.25, -0.2) is 9.97 Å². The molecule has 1 aromatic heterocycles. The van der Waals surface area contributed by atoms with Gasteiger partial charge in [0.05, 0.1) is 6.20 Å². The average Bonchev–Trinajstić information content (AvgIpc) is 2.93. The van der Waals surface area contributed by atoms with Crippen molar-refractivity contribution in [3.05, 3.63) is 55.0 Å². The summed E-state index contributed by atoms with van der Waals surface area (Å²) in [7, 11) is 2.18. The number of hydrogen-bond donors (Lipinski definition) is 0. The Kier molecular flexibility index (Phi) is 4.02. The van der Waals surface area contributed by atoms with Gasteiger partial charge in [-0.1, -0.05) is 45.0 Å². The molecule has 2 aliphatic rings. The summed E-state index contributed by atoms with van der Waals surface area (Å²) < 4.78 is 0. The highest BCUT2D eigenvalue weighted by Gasteiger charge is 2.54. The van der Waals surface area contributed by atoms with Crippen LogP contribution >= 0.6 is 0 Å². The van der Waals surface area contributed by atoms with Crippen molar-refractivity contribution in [1.29, 1.82) is 0 Å². The number of anilines is 3. The third kappa shape index (κ3) is 2.08. The maximum Gasteiger partial charge on any atom is 0.161 e. The number of nitrogens with zero attached hydrogens (tertiary/aromatic N) is 4. The first kappa shape index (κ1) is 17.1. The largest absolute Gasteiger partial charge is 0.349 e. The topological polar surface area (TPSA) is 32.3 Å². The molecule has 0 saturated heterocycles. The maximum atomic E-state index is 4.68. The molecule has 4 atom stereocenters. The Hall–Kier alpha value is -2.36. The SMILES string of the molecule is C=CC1C(CC)c2ccccc2N2c3ncncc3N(C)C2C1(C)CC. The van der Waals surface area contributed by atoms with E-state index in [0.29, 0.717) is 11.8 Å². The van der Waals surface area contributed by atoms with Gasteiger partial charge in [-0.15, -0.1) is 6.58 Å². The van der Waals surface area contributed by atoms with E-state index in [9.17, 15) is 0 Å². The van der Waals surface area contributed by atoms with Crippen LogP contribution in [0.25, 0.3) is 0 Å². The van der Waals surface area contributed by atoms with E-state index >= 15 is 0 Å². The minimum absolute atomic E-state index is 0.0386. The van der Waals surface area contributed by atoms with Crippen LogP contribution in [0.5, 0.6) is 0 Å². The second-order valence-electron chi connectivity index (χ2n) is 7.78. The van der Waals surface area contributed by atoms with Crippen LogP contribution in [0.3, 0.4) is 0 Å². The van der Waals surface area contributed by atoms with E-state index < -0.39 is 0 Å². The molecular weight excluding hydrogens is 320 g/mol. The summed E-state index contributed by atoms with van der Waals surface area (Å²) in [5.74, 6) is 1.86. The summed E-state index contributed by atoms with van der Waals surface area (Å²) in [5, 5.41) is 0.